The lowest BCUT2D eigenvalue weighted by Crippen LogP contribution is -2.51. The third-order valence-corrected chi connectivity index (χ3v) is 1.76. The van der Waals surface area contributed by atoms with Crippen molar-refractivity contribution in [3.8, 4) is 0 Å². The van der Waals surface area contributed by atoms with Gasteiger partial charge in [-0.1, -0.05) is 26.8 Å². The van der Waals surface area contributed by atoms with Crippen LogP contribution in [0.1, 0.15) is 27.7 Å². The summed E-state index contributed by atoms with van der Waals surface area (Å²) < 4.78 is 0. The number of carbonyl (C=O) groups is 2. The molecule has 0 fully saturated rings. The number of allylic oxidation sites excluding steroid dienone is 1. The number of nitrogens with one attached hydrogen (secondary N) is 1. The molecule has 0 aliphatic carbocycles. The summed E-state index contributed by atoms with van der Waals surface area (Å²) in [4.78, 5) is 22.3. The van der Waals surface area contributed by atoms with E-state index in [4.69, 9.17) is 5.73 Å². The molecule has 2 amide bonds. The summed E-state index contributed by atoms with van der Waals surface area (Å²) in [5.41, 5.74) is 4.82. The molecule has 1 atom stereocenters. The zero-order valence-corrected chi connectivity index (χ0v) is 10.6. The maximum Gasteiger partial charge on any atom is 0.244 e. The van der Waals surface area contributed by atoms with Gasteiger partial charge in [0, 0.05) is 0 Å². The van der Waals surface area contributed by atoms with E-state index in [2.05, 4.69) is 5.32 Å². The van der Waals surface area contributed by atoms with Gasteiger partial charge in [0.05, 0.1) is 0 Å². The van der Waals surface area contributed by atoms with Crippen molar-refractivity contribution in [1.82, 2.24) is 5.32 Å². The van der Waals surface area contributed by atoms with E-state index in [1.54, 1.807) is 13.0 Å². The first kappa shape index (κ1) is 16.5. The first-order valence-corrected chi connectivity index (χ1v) is 4.51. The summed E-state index contributed by atoms with van der Waals surface area (Å²) in [6, 6.07) is -0.647. The molecule has 88 valence electrons. The largest absolute Gasteiger partial charge is 0.368 e. The third-order valence-electron chi connectivity index (χ3n) is 1.76. The van der Waals surface area contributed by atoms with Crippen LogP contribution in [0.3, 0.4) is 0 Å². The lowest BCUT2D eigenvalue weighted by Gasteiger charge is -2.28. The van der Waals surface area contributed by atoms with Crippen LogP contribution in [-0.2, 0) is 9.59 Å². The molecule has 4 nitrogen and oxygen atoms in total. The van der Waals surface area contributed by atoms with Crippen molar-refractivity contribution in [2.24, 2.45) is 11.1 Å². The minimum atomic E-state index is -0.647. The van der Waals surface area contributed by atoms with E-state index in [0.717, 1.165) is 0 Å². The zero-order chi connectivity index (χ0) is 11.4. The van der Waals surface area contributed by atoms with Crippen LogP contribution in [0.5, 0.6) is 0 Å². The highest BCUT2D eigenvalue weighted by atomic mass is 32.1. The fourth-order valence-electron chi connectivity index (χ4n) is 1.06. The Morgan fingerprint density at radius 2 is 1.80 bits per heavy atom. The fraction of sp³-hybridized carbons (Fsp3) is 0.600. The van der Waals surface area contributed by atoms with Crippen LogP contribution in [0, 0.1) is 5.41 Å². The van der Waals surface area contributed by atoms with E-state index in [1.807, 2.05) is 20.8 Å². The summed E-state index contributed by atoms with van der Waals surface area (Å²) in [6.07, 6.45) is 2.97. The number of hydrogen-bond donors (Lipinski definition) is 2. The van der Waals surface area contributed by atoms with Crippen LogP contribution in [-0.4, -0.2) is 17.9 Å². The van der Waals surface area contributed by atoms with Gasteiger partial charge in [0.15, 0.2) is 0 Å². The van der Waals surface area contributed by atoms with Gasteiger partial charge < -0.3 is 11.1 Å². The number of amides is 2. The monoisotopic (exact) mass is 232 g/mol. The Morgan fingerprint density at radius 1 is 1.33 bits per heavy atom. The third kappa shape index (κ3) is 6.17. The molecule has 0 aliphatic rings. The van der Waals surface area contributed by atoms with Crippen molar-refractivity contribution in [3.63, 3.8) is 0 Å². The molecule has 0 heterocycles. The molecule has 15 heavy (non-hydrogen) atoms. The van der Waals surface area contributed by atoms with Crippen molar-refractivity contribution in [1.29, 1.82) is 0 Å². The van der Waals surface area contributed by atoms with Gasteiger partial charge in [-0.2, -0.15) is 13.5 Å². The predicted molar refractivity (Wildman–Crippen MR) is 65.8 cm³/mol. The molecule has 0 aromatic rings. The maximum atomic E-state index is 11.2. The molecule has 0 aromatic heterocycles. The molecule has 0 radical (unpaired) electrons. The molecule has 0 aromatic carbocycles. The van der Waals surface area contributed by atoms with Crippen LogP contribution in [0.2, 0.25) is 0 Å². The van der Waals surface area contributed by atoms with E-state index < -0.39 is 11.9 Å². The number of hydrogen-bond acceptors (Lipinski definition) is 2. The summed E-state index contributed by atoms with van der Waals surface area (Å²) in [7, 11) is 0. The normalized spacial score (nSPS) is 13.1. The van der Waals surface area contributed by atoms with Crippen molar-refractivity contribution in [3.05, 3.63) is 12.2 Å². The van der Waals surface area contributed by atoms with E-state index in [1.165, 1.54) is 6.08 Å². The predicted octanol–water partition coefficient (Wildman–Crippen LogP) is 0.691. The van der Waals surface area contributed by atoms with Gasteiger partial charge in [0.25, 0.3) is 0 Å². The van der Waals surface area contributed by atoms with Crippen molar-refractivity contribution >= 4 is 25.3 Å². The van der Waals surface area contributed by atoms with Crippen LogP contribution < -0.4 is 11.1 Å². The first-order valence-electron chi connectivity index (χ1n) is 4.51. The number of primary amides is 1. The summed E-state index contributed by atoms with van der Waals surface area (Å²) in [5, 5.41) is 2.56. The second-order valence-corrected chi connectivity index (χ2v) is 4.21. The van der Waals surface area contributed by atoms with Gasteiger partial charge in [0.1, 0.15) is 6.04 Å². The molecule has 0 bridgehead atoms. The second kappa shape index (κ2) is 6.50. The molecule has 0 aliphatic heterocycles. The molecule has 0 saturated heterocycles. The lowest BCUT2D eigenvalue weighted by atomic mass is 9.86. The van der Waals surface area contributed by atoms with Crippen molar-refractivity contribution in [2.75, 3.05) is 0 Å². The van der Waals surface area contributed by atoms with Gasteiger partial charge in [-0.25, -0.2) is 0 Å². The minimum Gasteiger partial charge on any atom is -0.368 e. The van der Waals surface area contributed by atoms with Crippen LogP contribution in [0.25, 0.3) is 0 Å². The minimum absolute atomic E-state index is 0. The Morgan fingerprint density at radius 3 is 2.07 bits per heavy atom. The molecule has 0 saturated carbocycles. The van der Waals surface area contributed by atoms with Crippen LogP contribution in [0.15, 0.2) is 12.2 Å². The number of rotatable bonds is 3. The standard InChI is InChI=1S/C10H18N2O2.H2S/c1-5-6-7(13)12-8(9(11)14)10(2,3)4;/h5-6,8H,1-4H3,(H2,11,14)(H,12,13);1H2/b6-5-;/t8-;/m1./s1. The zero-order valence-electron chi connectivity index (χ0n) is 9.63. The second-order valence-electron chi connectivity index (χ2n) is 4.21. The maximum absolute atomic E-state index is 11.2. The Bertz CT molecular complexity index is 257. The summed E-state index contributed by atoms with van der Waals surface area (Å²) in [5.74, 6) is -0.818. The Labute approximate surface area is 97.7 Å². The van der Waals surface area contributed by atoms with Crippen LogP contribution >= 0.6 is 13.5 Å². The SMILES string of the molecule is C/C=C\C(=O)N[C@H](C(N)=O)C(C)(C)C.S. The van der Waals surface area contributed by atoms with Gasteiger partial charge in [-0.3, -0.25) is 9.59 Å². The van der Waals surface area contributed by atoms with E-state index in [-0.39, 0.29) is 24.8 Å². The Balaban J connectivity index is 0. The quantitative estimate of drug-likeness (QED) is 0.703. The Kier molecular flexibility index (Phi) is 7.13. The number of carbonyl (C=O) groups excluding carboxylic acids is 2. The molecule has 0 rings (SSSR count). The highest BCUT2D eigenvalue weighted by Crippen LogP contribution is 2.18. The van der Waals surface area contributed by atoms with E-state index in [0.29, 0.717) is 0 Å². The highest BCUT2D eigenvalue weighted by Gasteiger charge is 2.30. The molecule has 5 heteroatoms. The average Bonchev–Trinajstić information content (AvgIpc) is 1.98. The number of nitrogens with two attached hydrogens (primary N) is 1. The molecular formula is C10H20N2O2S. The van der Waals surface area contributed by atoms with Crippen LogP contribution in [0.4, 0.5) is 0 Å². The van der Waals surface area contributed by atoms with Gasteiger partial charge in [-0.05, 0) is 18.4 Å². The Hall–Kier alpha value is -0.970. The van der Waals surface area contributed by atoms with Gasteiger partial charge >= 0.3 is 0 Å². The summed E-state index contributed by atoms with van der Waals surface area (Å²) >= 11 is 0. The van der Waals surface area contributed by atoms with Gasteiger partial charge in [0.2, 0.25) is 11.8 Å². The van der Waals surface area contributed by atoms with E-state index in [9.17, 15) is 9.59 Å². The van der Waals surface area contributed by atoms with Gasteiger partial charge in [-0.15, -0.1) is 0 Å². The highest BCUT2D eigenvalue weighted by molar-refractivity contribution is 7.59. The first-order chi connectivity index (χ1) is 6.29. The van der Waals surface area contributed by atoms with Crippen molar-refractivity contribution in [2.45, 2.75) is 33.7 Å². The summed E-state index contributed by atoms with van der Waals surface area (Å²) in [6.45, 7) is 7.27. The topological polar surface area (TPSA) is 72.2 Å². The smallest absolute Gasteiger partial charge is 0.244 e. The van der Waals surface area contributed by atoms with Crippen molar-refractivity contribution < 1.29 is 9.59 Å². The van der Waals surface area contributed by atoms with E-state index >= 15 is 0 Å². The molecule has 0 spiro atoms. The molecular weight excluding hydrogens is 212 g/mol. The lowest BCUT2D eigenvalue weighted by molar-refractivity contribution is -0.127. The molecule has 0 unspecified atom stereocenters. The average molecular weight is 232 g/mol. The molecule has 3 N–H and O–H groups in total. The fourth-order valence-corrected chi connectivity index (χ4v) is 1.06.